The number of rotatable bonds is 36. The number of thiocarbonyl (C=S) groups is 2. The molecule has 0 fully saturated rings. The van der Waals surface area contributed by atoms with E-state index in [-0.39, 0.29) is 30.6 Å². The molecule has 0 amide bonds. The zero-order chi connectivity index (χ0) is 37.6. The Labute approximate surface area is 356 Å². The summed E-state index contributed by atoms with van der Waals surface area (Å²) in [5, 5.41) is 6.44. The summed E-state index contributed by atoms with van der Waals surface area (Å²) in [6.45, 7) is 13.3. The summed E-state index contributed by atoms with van der Waals surface area (Å²) in [6.07, 6.45) is 47.7. The fourth-order valence-corrected chi connectivity index (χ4v) is 8.01. The van der Waals surface area contributed by atoms with Gasteiger partial charge in [-0.2, -0.15) is 0 Å². The molecule has 0 aromatic rings. The number of unbranched alkanes of at least 4 members (excludes halogenated alkanes) is 30. The molecule has 0 saturated carbocycles. The quantitative estimate of drug-likeness (QED) is 0.0282. The van der Waals surface area contributed by atoms with Gasteiger partial charge in [0.25, 0.3) is 0 Å². The van der Waals surface area contributed by atoms with E-state index in [0.717, 1.165) is 12.8 Å². The second kappa shape index (κ2) is 42.0. The number of hydrogen-bond acceptors (Lipinski definition) is 4. The first-order chi connectivity index (χ1) is 24.0. The van der Waals surface area contributed by atoms with Crippen LogP contribution in [-0.4, -0.2) is 19.7 Å². The Balaban J connectivity index is -0.000000886. The van der Waals surface area contributed by atoms with Crippen molar-refractivity contribution in [3.05, 3.63) is 0 Å². The molecule has 0 heterocycles. The minimum absolute atomic E-state index is 0. The summed E-state index contributed by atoms with van der Waals surface area (Å²) in [7, 11) is 0. The van der Waals surface area contributed by atoms with Crippen molar-refractivity contribution in [1.82, 2.24) is 10.6 Å². The van der Waals surface area contributed by atoms with Crippen molar-refractivity contribution >= 4 is 58.3 Å². The molecular weight excluding hydrogens is 750 g/mol. The van der Waals surface area contributed by atoms with E-state index in [1.807, 2.05) is 0 Å². The van der Waals surface area contributed by atoms with Crippen molar-refractivity contribution in [1.29, 1.82) is 0 Å². The van der Waals surface area contributed by atoms with E-state index < -0.39 is 0 Å². The molecule has 0 aromatic heterocycles. The molecular formula is C44H88N2S4Zn. The first-order valence-corrected chi connectivity index (χ1v) is 23.6. The van der Waals surface area contributed by atoms with Crippen molar-refractivity contribution in [3.63, 3.8) is 0 Å². The van der Waals surface area contributed by atoms with E-state index in [2.05, 4.69) is 52.2 Å². The minimum Gasteiger partial charge on any atom is -0.412 e. The van der Waals surface area contributed by atoms with Crippen molar-refractivity contribution in [2.45, 2.75) is 271 Å². The van der Waals surface area contributed by atoms with E-state index in [0.29, 0.717) is 8.64 Å². The number of hydrogen-bond donors (Lipinski definition) is 2. The second-order valence-electron chi connectivity index (χ2n) is 16.7. The van der Waals surface area contributed by atoms with Crippen molar-refractivity contribution < 1.29 is 19.5 Å². The van der Waals surface area contributed by atoms with Gasteiger partial charge in [0.05, 0.1) is 0 Å². The fraction of sp³-hybridized carbons (Fsp3) is 0.955. The molecule has 0 spiro atoms. The topological polar surface area (TPSA) is 24.1 Å². The summed E-state index contributed by atoms with van der Waals surface area (Å²) in [5.74, 6) is 0. The van der Waals surface area contributed by atoms with Gasteiger partial charge in [-0.25, -0.2) is 0 Å². The van der Waals surface area contributed by atoms with Crippen molar-refractivity contribution in [3.8, 4) is 0 Å². The van der Waals surface area contributed by atoms with Crippen LogP contribution in [0.3, 0.4) is 0 Å². The molecule has 0 saturated heterocycles. The average Bonchev–Trinajstić information content (AvgIpc) is 3.03. The third-order valence-corrected chi connectivity index (χ3v) is 10.6. The summed E-state index contributed by atoms with van der Waals surface area (Å²) in [6, 6.07) is 0. The van der Waals surface area contributed by atoms with Crippen LogP contribution in [-0.2, 0) is 44.7 Å². The van der Waals surface area contributed by atoms with Crippen LogP contribution < -0.4 is 10.6 Å². The van der Waals surface area contributed by atoms with Crippen LogP contribution in [0, 0.1) is 0 Å². The average molecular weight is 839 g/mol. The van der Waals surface area contributed by atoms with Crippen LogP contribution in [0.1, 0.15) is 260 Å². The molecule has 0 aromatic carbocycles. The minimum atomic E-state index is 0. The summed E-state index contributed by atoms with van der Waals surface area (Å²) in [5.41, 5.74) is 0.129. The van der Waals surface area contributed by atoms with Gasteiger partial charge >= 0.3 is 19.5 Å². The predicted octanol–water partition coefficient (Wildman–Crippen LogP) is 15.7. The molecule has 0 unspecified atom stereocenters. The summed E-state index contributed by atoms with van der Waals surface area (Å²) >= 11 is 19.9. The van der Waals surface area contributed by atoms with Gasteiger partial charge in [-0.05, 0) is 40.5 Å². The first kappa shape index (κ1) is 56.2. The van der Waals surface area contributed by atoms with Gasteiger partial charge in [-0.1, -0.05) is 228 Å². The molecule has 0 aliphatic rings. The Bertz CT molecular complexity index is 672. The molecule has 0 aliphatic heterocycles. The SMILES string of the molecule is CCCCCCCCCCCCCCCCCCC(C)(C)NC(=S)[S-].CCCCCCCCCCCCCCCCCCC(C)(C)NC(=S)[S-].[Zn+2]. The predicted molar refractivity (Wildman–Crippen MR) is 243 cm³/mol. The third-order valence-electron chi connectivity index (χ3n) is 10.2. The van der Waals surface area contributed by atoms with Crippen LogP contribution in [0.2, 0.25) is 0 Å². The van der Waals surface area contributed by atoms with Gasteiger partial charge in [0.2, 0.25) is 0 Å². The van der Waals surface area contributed by atoms with Crippen LogP contribution in [0.4, 0.5) is 0 Å². The molecule has 0 atom stereocenters. The maximum absolute atomic E-state index is 4.96. The monoisotopic (exact) mass is 837 g/mol. The smallest absolute Gasteiger partial charge is 0.412 e. The van der Waals surface area contributed by atoms with Gasteiger partial charge < -0.3 is 60.3 Å². The van der Waals surface area contributed by atoms with Crippen LogP contribution >= 0.6 is 24.4 Å². The molecule has 51 heavy (non-hydrogen) atoms. The van der Waals surface area contributed by atoms with Crippen LogP contribution in [0.15, 0.2) is 0 Å². The molecule has 2 nitrogen and oxygen atoms in total. The molecule has 0 rings (SSSR count). The number of nitrogens with one attached hydrogen (secondary N) is 2. The maximum Gasteiger partial charge on any atom is 2.00 e. The Morgan fingerprint density at radius 1 is 0.353 bits per heavy atom. The van der Waals surface area contributed by atoms with Crippen molar-refractivity contribution in [2.75, 3.05) is 0 Å². The molecule has 300 valence electrons. The Morgan fingerprint density at radius 3 is 0.667 bits per heavy atom. The van der Waals surface area contributed by atoms with Gasteiger partial charge in [0, 0.05) is 11.1 Å². The van der Waals surface area contributed by atoms with Crippen LogP contribution in [0.25, 0.3) is 0 Å². The van der Waals surface area contributed by atoms with Gasteiger partial charge in [0.1, 0.15) is 0 Å². The molecule has 0 bridgehead atoms. The van der Waals surface area contributed by atoms with E-state index in [1.165, 1.54) is 205 Å². The van der Waals surface area contributed by atoms with E-state index >= 15 is 0 Å². The maximum atomic E-state index is 4.96. The standard InChI is InChI=1S/2C22H45NS2.Zn/c2*1-4-5-6-7-8-9-10-11-12-13-14-15-16-17-18-19-20-22(2,3)23-21(24)25;/h2*4-20H2,1-3H3,(H2,23,24,25);/q;;+2/p-2. The van der Waals surface area contributed by atoms with E-state index in [4.69, 9.17) is 49.7 Å². The summed E-state index contributed by atoms with van der Waals surface area (Å²) < 4.78 is 1.00. The summed E-state index contributed by atoms with van der Waals surface area (Å²) in [4.78, 5) is 0. The molecule has 7 heteroatoms. The Morgan fingerprint density at radius 2 is 0.510 bits per heavy atom. The van der Waals surface area contributed by atoms with Crippen molar-refractivity contribution in [2.24, 2.45) is 0 Å². The Hall–Kier alpha value is 0.843. The van der Waals surface area contributed by atoms with Gasteiger partial charge in [0.15, 0.2) is 0 Å². The Kier molecular flexibility index (Phi) is 46.3. The third kappa shape index (κ3) is 50.8. The molecule has 2 N–H and O–H groups in total. The zero-order valence-electron chi connectivity index (χ0n) is 35.4. The van der Waals surface area contributed by atoms with E-state index in [9.17, 15) is 0 Å². The molecule has 0 radical (unpaired) electrons. The van der Waals surface area contributed by atoms with Gasteiger partial charge in [-0.15, -0.1) is 0 Å². The normalized spacial score (nSPS) is 11.4. The van der Waals surface area contributed by atoms with Gasteiger partial charge in [-0.3, -0.25) is 0 Å². The van der Waals surface area contributed by atoms with Crippen LogP contribution in [0.5, 0.6) is 0 Å². The first-order valence-electron chi connectivity index (χ1n) is 21.9. The fourth-order valence-electron chi connectivity index (χ4n) is 6.91. The zero-order valence-corrected chi connectivity index (χ0v) is 41.6. The molecule has 0 aliphatic carbocycles. The second-order valence-corrected chi connectivity index (χ2v) is 18.8. The van der Waals surface area contributed by atoms with E-state index in [1.54, 1.807) is 0 Å². The largest absolute Gasteiger partial charge is 2.00 e.